The summed E-state index contributed by atoms with van der Waals surface area (Å²) in [7, 11) is 0. The van der Waals surface area contributed by atoms with Crippen molar-refractivity contribution in [2.45, 2.75) is 13.3 Å². The van der Waals surface area contributed by atoms with Gasteiger partial charge < -0.3 is 9.84 Å². The fourth-order valence-electron chi connectivity index (χ4n) is 0.499. The molecule has 11 heavy (non-hydrogen) atoms. The van der Waals surface area contributed by atoms with Crippen LogP contribution in [0.2, 0.25) is 0 Å². The predicted molar refractivity (Wildman–Crippen MR) is 42.2 cm³/mol. The summed E-state index contributed by atoms with van der Waals surface area (Å²) in [5, 5.41) is 8.94. The molecule has 0 fully saturated rings. The maximum absolute atomic E-state index is 10.4. The van der Waals surface area contributed by atoms with Gasteiger partial charge in [-0.05, 0) is 12.5 Å². The zero-order valence-corrected chi connectivity index (χ0v) is 6.54. The zero-order valence-electron chi connectivity index (χ0n) is 6.54. The summed E-state index contributed by atoms with van der Waals surface area (Å²) >= 11 is 0. The van der Waals surface area contributed by atoms with Crippen molar-refractivity contribution in [2.75, 3.05) is 6.61 Å². The highest BCUT2D eigenvalue weighted by Gasteiger charge is 1.96. The second kappa shape index (κ2) is 5.53. The molecule has 0 saturated heterocycles. The van der Waals surface area contributed by atoms with Crippen molar-refractivity contribution in [2.24, 2.45) is 0 Å². The molecule has 0 rings (SSSR count). The Bertz CT molecular complexity index is 170. The van der Waals surface area contributed by atoms with E-state index in [1.54, 1.807) is 6.08 Å². The van der Waals surface area contributed by atoms with E-state index >= 15 is 0 Å². The van der Waals surface area contributed by atoms with Gasteiger partial charge in [0.25, 0.3) is 0 Å². The van der Waals surface area contributed by atoms with Crippen molar-refractivity contribution < 1.29 is 14.6 Å². The fraction of sp³-hybridized carbons (Fsp3) is 0.375. The molecule has 0 atom stereocenters. The summed E-state index contributed by atoms with van der Waals surface area (Å²) in [6.07, 6.45) is 3.35. The summed E-state index contributed by atoms with van der Waals surface area (Å²) in [5.41, 5.74) is 0. The van der Waals surface area contributed by atoms with Crippen molar-refractivity contribution in [1.82, 2.24) is 0 Å². The minimum Gasteiger partial charge on any atom is -0.509 e. The van der Waals surface area contributed by atoms with Gasteiger partial charge in [-0.25, -0.2) is 4.79 Å². The third-order valence-electron chi connectivity index (χ3n) is 0.969. The van der Waals surface area contributed by atoms with Gasteiger partial charge in [-0.2, -0.15) is 0 Å². The van der Waals surface area contributed by atoms with Crippen molar-refractivity contribution in [3.8, 4) is 0 Å². The lowest BCUT2D eigenvalue weighted by molar-refractivity contribution is -0.137. The number of ether oxygens (including phenoxy) is 1. The van der Waals surface area contributed by atoms with Crippen LogP contribution in [0.3, 0.4) is 0 Å². The molecule has 0 aromatic heterocycles. The van der Waals surface area contributed by atoms with Gasteiger partial charge in [-0.1, -0.05) is 13.5 Å². The molecule has 62 valence electrons. The lowest BCUT2D eigenvalue weighted by Gasteiger charge is -1.99. The Morgan fingerprint density at radius 1 is 1.73 bits per heavy atom. The number of hydrogen-bond acceptors (Lipinski definition) is 3. The van der Waals surface area contributed by atoms with Crippen molar-refractivity contribution in [3.63, 3.8) is 0 Å². The first kappa shape index (κ1) is 9.75. The van der Waals surface area contributed by atoms with E-state index in [0.717, 1.165) is 12.5 Å². The largest absolute Gasteiger partial charge is 0.509 e. The first-order valence-electron chi connectivity index (χ1n) is 3.38. The average Bonchev–Trinajstić information content (AvgIpc) is 2.01. The van der Waals surface area contributed by atoms with Crippen LogP contribution in [-0.2, 0) is 9.53 Å². The number of rotatable bonds is 4. The summed E-state index contributed by atoms with van der Waals surface area (Å²) in [6.45, 7) is 5.02. The lowest BCUT2D eigenvalue weighted by atomic mass is 10.4. The minimum atomic E-state index is -0.527. The molecule has 1 N–H and O–H groups in total. The van der Waals surface area contributed by atoms with Gasteiger partial charge in [0.1, 0.15) is 12.4 Å². The predicted octanol–water partition coefficient (Wildman–Crippen LogP) is 1.57. The Kier molecular flexibility index (Phi) is 4.90. The molecule has 0 aliphatic carbocycles. The maximum Gasteiger partial charge on any atom is 0.330 e. The number of esters is 1. The monoisotopic (exact) mass is 156 g/mol. The van der Waals surface area contributed by atoms with Crippen LogP contribution in [0.1, 0.15) is 13.3 Å². The Morgan fingerprint density at radius 2 is 2.36 bits per heavy atom. The van der Waals surface area contributed by atoms with Crippen LogP contribution < -0.4 is 0 Å². The van der Waals surface area contributed by atoms with Crippen LogP contribution in [0.4, 0.5) is 0 Å². The van der Waals surface area contributed by atoms with E-state index in [0.29, 0.717) is 0 Å². The van der Waals surface area contributed by atoms with E-state index in [9.17, 15) is 4.79 Å². The number of carbonyl (C=O) groups is 1. The molecule has 3 nitrogen and oxygen atoms in total. The molecule has 0 amide bonds. The summed E-state index contributed by atoms with van der Waals surface area (Å²) in [6, 6.07) is 0. The van der Waals surface area contributed by atoms with Crippen LogP contribution in [-0.4, -0.2) is 17.7 Å². The zero-order chi connectivity index (χ0) is 8.69. The molecule has 0 radical (unpaired) electrons. The fourth-order valence-corrected chi connectivity index (χ4v) is 0.499. The first-order chi connectivity index (χ1) is 5.20. The number of carbonyl (C=O) groups excluding carboxylic acids is 1. The van der Waals surface area contributed by atoms with Gasteiger partial charge in [0, 0.05) is 6.08 Å². The minimum absolute atomic E-state index is 0.0707. The van der Waals surface area contributed by atoms with Gasteiger partial charge in [0.2, 0.25) is 0 Å². The van der Waals surface area contributed by atoms with E-state index in [-0.39, 0.29) is 12.4 Å². The van der Waals surface area contributed by atoms with E-state index in [1.165, 1.54) is 0 Å². The number of aliphatic hydroxyl groups excluding tert-OH is 1. The van der Waals surface area contributed by atoms with Crippen molar-refractivity contribution >= 4 is 5.97 Å². The van der Waals surface area contributed by atoms with Crippen LogP contribution in [0, 0.1) is 0 Å². The second-order valence-corrected chi connectivity index (χ2v) is 1.92. The highest BCUT2D eigenvalue weighted by Crippen LogP contribution is 1.92. The normalized spacial score (nSPS) is 10.8. The molecule has 0 saturated carbocycles. The van der Waals surface area contributed by atoms with E-state index in [1.807, 2.05) is 6.92 Å². The molecule has 0 spiro atoms. The van der Waals surface area contributed by atoms with Gasteiger partial charge >= 0.3 is 5.97 Å². The summed E-state index contributed by atoms with van der Waals surface area (Å²) < 4.78 is 4.53. The quantitative estimate of drug-likeness (QED) is 0.381. The maximum atomic E-state index is 10.4. The smallest absolute Gasteiger partial charge is 0.330 e. The molecule has 0 aromatic carbocycles. The third-order valence-corrected chi connectivity index (χ3v) is 0.969. The SMILES string of the molecule is C=CC(=O)OCC(O)=CCC. The van der Waals surface area contributed by atoms with Gasteiger partial charge in [-0.3, -0.25) is 0 Å². The topological polar surface area (TPSA) is 46.5 Å². The molecular formula is C8H12O3. The van der Waals surface area contributed by atoms with Crippen molar-refractivity contribution in [1.29, 1.82) is 0 Å². The molecule has 0 aliphatic heterocycles. The van der Waals surface area contributed by atoms with Gasteiger partial charge in [-0.15, -0.1) is 0 Å². The second-order valence-electron chi connectivity index (χ2n) is 1.92. The van der Waals surface area contributed by atoms with Crippen LogP contribution in [0.5, 0.6) is 0 Å². The lowest BCUT2D eigenvalue weighted by Crippen LogP contribution is -2.03. The average molecular weight is 156 g/mol. The molecule has 0 unspecified atom stereocenters. The molecule has 0 heterocycles. The molecular weight excluding hydrogens is 144 g/mol. The van der Waals surface area contributed by atoms with Crippen molar-refractivity contribution in [3.05, 3.63) is 24.5 Å². The molecule has 0 bridgehead atoms. The van der Waals surface area contributed by atoms with Crippen LogP contribution in [0.25, 0.3) is 0 Å². The summed E-state index contributed by atoms with van der Waals surface area (Å²) in [5.74, 6) is -0.455. The number of aliphatic hydroxyl groups is 1. The Labute approximate surface area is 66.0 Å². The molecule has 0 aromatic rings. The van der Waals surface area contributed by atoms with E-state index in [2.05, 4.69) is 11.3 Å². The standard InChI is InChI=1S/C8H12O3/c1-3-5-7(9)6-11-8(10)4-2/h4-5,9H,2-3,6H2,1H3. The number of hydrogen-bond donors (Lipinski definition) is 1. The Hall–Kier alpha value is -1.25. The van der Waals surface area contributed by atoms with E-state index < -0.39 is 5.97 Å². The van der Waals surface area contributed by atoms with Gasteiger partial charge in [0.05, 0.1) is 0 Å². The van der Waals surface area contributed by atoms with Gasteiger partial charge in [0.15, 0.2) is 0 Å². The molecule has 3 heteroatoms. The van der Waals surface area contributed by atoms with E-state index in [4.69, 9.17) is 5.11 Å². The third kappa shape index (κ3) is 5.21. The summed E-state index contributed by atoms with van der Waals surface area (Å²) in [4.78, 5) is 10.4. The first-order valence-corrected chi connectivity index (χ1v) is 3.38. The van der Waals surface area contributed by atoms with Crippen LogP contribution >= 0.6 is 0 Å². The molecule has 0 aliphatic rings. The van der Waals surface area contributed by atoms with Crippen LogP contribution in [0.15, 0.2) is 24.5 Å². The highest BCUT2D eigenvalue weighted by molar-refractivity contribution is 5.81. The highest BCUT2D eigenvalue weighted by atomic mass is 16.5. The number of allylic oxidation sites excluding steroid dienone is 1. The Balaban J connectivity index is 3.61. The Morgan fingerprint density at radius 3 is 2.82 bits per heavy atom.